The zero-order valence-corrected chi connectivity index (χ0v) is 14.6. The number of aromatic nitrogens is 2. The van der Waals surface area contributed by atoms with Crippen LogP contribution in [0.4, 0.5) is 14.6 Å². The highest BCUT2D eigenvalue weighted by Crippen LogP contribution is 2.40. The van der Waals surface area contributed by atoms with Gasteiger partial charge in [0.25, 0.3) is 0 Å². The van der Waals surface area contributed by atoms with Crippen LogP contribution in [0.25, 0.3) is 0 Å². The predicted octanol–water partition coefficient (Wildman–Crippen LogP) is 3.20. The summed E-state index contributed by atoms with van der Waals surface area (Å²) in [5, 5.41) is 0. The molecule has 3 heterocycles. The summed E-state index contributed by atoms with van der Waals surface area (Å²) in [7, 11) is 0. The Balaban J connectivity index is 1.23. The molecule has 136 valence electrons. The van der Waals surface area contributed by atoms with Crippen molar-refractivity contribution in [3.8, 4) is 0 Å². The van der Waals surface area contributed by atoms with E-state index in [1.807, 2.05) is 0 Å². The van der Waals surface area contributed by atoms with Crippen LogP contribution in [0, 0.1) is 23.5 Å². The number of nitrogens with zero attached hydrogens (tertiary/aromatic N) is 4. The van der Waals surface area contributed by atoms with E-state index < -0.39 is 0 Å². The van der Waals surface area contributed by atoms with Gasteiger partial charge in [0.05, 0.1) is 0 Å². The molecule has 0 spiro atoms. The molecule has 3 aliphatic rings. The van der Waals surface area contributed by atoms with E-state index in [-0.39, 0.29) is 11.6 Å². The Bertz CT molecular complexity index is 809. The summed E-state index contributed by atoms with van der Waals surface area (Å²) in [6.07, 6.45) is 4.18. The van der Waals surface area contributed by atoms with Crippen molar-refractivity contribution in [3.05, 3.63) is 53.5 Å². The molecular weight excluding hydrogens is 334 g/mol. The summed E-state index contributed by atoms with van der Waals surface area (Å²) in [6.45, 7) is 4.30. The first-order chi connectivity index (χ1) is 12.7. The van der Waals surface area contributed by atoms with Crippen LogP contribution in [0.2, 0.25) is 0 Å². The van der Waals surface area contributed by atoms with Crippen LogP contribution in [-0.2, 0) is 6.54 Å². The van der Waals surface area contributed by atoms with E-state index in [0.717, 1.165) is 32.0 Å². The number of anilines is 1. The highest BCUT2D eigenvalue weighted by Gasteiger charge is 2.40. The van der Waals surface area contributed by atoms with Crippen molar-refractivity contribution in [2.24, 2.45) is 11.8 Å². The van der Waals surface area contributed by atoms with Crippen LogP contribution >= 0.6 is 0 Å². The first kappa shape index (κ1) is 16.1. The molecule has 2 atom stereocenters. The van der Waals surface area contributed by atoms with E-state index >= 15 is 0 Å². The van der Waals surface area contributed by atoms with E-state index in [9.17, 15) is 8.78 Å². The average molecular weight is 356 g/mol. The van der Waals surface area contributed by atoms with E-state index in [1.165, 1.54) is 36.7 Å². The molecule has 2 saturated heterocycles. The SMILES string of the molecule is Fc1ccc(F)c(CN2CC3CN(c4cc(C5CC5)ncn4)CC3C2)c1. The van der Waals surface area contributed by atoms with Crippen molar-refractivity contribution in [1.29, 1.82) is 0 Å². The highest BCUT2D eigenvalue weighted by molar-refractivity contribution is 5.42. The number of rotatable bonds is 4. The van der Waals surface area contributed by atoms with Crippen molar-refractivity contribution in [1.82, 2.24) is 14.9 Å². The molecule has 2 aromatic rings. The number of likely N-dealkylation sites (tertiary alicyclic amines) is 1. The zero-order chi connectivity index (χ0) is 17.7. The molecule has 3 fully saturated rings. The number of hydrogen-bond acceptors (Lipinski definition) is 4. The zero-order valence-electron chi connectivity index (χ0n) is 14.6. The lowest BCUT2D eigenvalue weighted by Gasteiger charge is -2.22. The van der Waals surface area contributed by atoms with Gasteiger partial charge in [-0.1, -0.05) is 0 Å². The first-order valence-electron chi connectivity index (χ1n) is 9.39. The lowest BCUT2D eigenvalue weighted by atomic mass is 10.0. The van der Waals surface area contributed by atoms with E-state index in [2.05, 4.69) is 25.8 Å². The molecule has 6 heteroatoms. The van der Waals surface area contributed by atoms with Gasteiger partial charge in [-0.15, -0.1) is 0 Å². The number of benzene rings is 1. The first-order valence-corrected chi connectivity index (χ1v) is 9.39. The minimum atomic E-state index is -0.373. The standard InChI is InChI=1S/C20H22F2N4/c21-17-3-4-18(22)14(5-17)7-25-8-15-10-26(11-16(15)9-25)20-6-19(13-1-2-13)23-12-24-20/h3-6,12-13,15-16H,1-2,7-11H2. The maximum atomic E-state index is 13.9. The topological polar surface area (TPSA) is 32.3 Å². The van der Waals surface area contributed by atoms with Gasteiger partial charge in [0.15, 0.2) is 0 Å². The summed E-state index contributed by atoms with van der Waals surface area (Å²) in [5.41, 5.74) is 1.63. The molecule has 4 nitrogen and oxygen atoms in total. The Morgan fingerprint density at radius 1 is 0.962 bits per heavy atom. The Kier molecular flexibility index (Phi) is 3.89. The Morgan fingerprint density at radius 2 is 1.73 bits per heavy atom. The van der Waals surface area contributed by atoms with Gasteiger partial charge in [0.1, 0.15) is 23.8 Å². The third-order valence-electron chi connectivity index (χ3n) is 5.96. The van der Waals surface area contributed by atoms with Gasteiger partial charge in [-0.25, -0.2) is 18.7 Å². The van der Waals surface area contributed by atoms with Gasteiger partial charge in [0, 0.05) is 56.0 Å². The van der Waals surface area contributed by atoms with Crippen LogP contribution in [0.1, 0.15) is 30.0 Å². The Hall–Kier alpha value is -2.08. The van der Waals surface area contributed by atoms with Gasteiger partial charge in [-0.3, -0.25) is 4.90 Å². The molecule has 26 heavy (non-hydrogen) atoms. The molecule has 0 bridgehead atoms. The normalized spacial score (nSPS) is 25.7. The number of halogens is 2. The van der Waals surface area contributed by atoms with Crippen molar-refractivity contribution >= 4 is 5.82 Å². The molecule has 0 N–H and O–H groups in total. The highest BCUT2D eigenvalue weighted by atomic mass is 19.1. The van der Waals surface area contributed by atoms with E-state index in [0.29, 0.717) is 29.9 Å². The van der Waals surface area contributed by atoms with Crippen LogP contribution < -0.4 is 4.90 Å². The summed E-state index contributed by atoms with van der Waals surface area (Å²) < 4.78 is 27.3. The summed E-state index contributed by atoms with van der Waals surface area (Å²) in [6, 6.07) is 5.86. The van der Waals surface area contributed by atoms with Crippen LogP contribution in [0.3, 0.4) is 0 Å². The smallest absolute Gasteiger partial charge is 0.132 e. The maximum absolute atomic E-state index is 13.9. The van der Waals surface area contributed by atoms with Crippen molar-refractivity contribution in [3.63, 3.8) is 0 Å². The molecule has 5 rings (SSSR count). The predicted molar refractivity (Wildman–Crippen MR) is 94.8 cm³/mol. The lowest BCUT2D eigenvalue weighted by molar-refractivity contribution is 0.303. The second-order valence-corrected chi connectivity index (χ2v) is 7.93. The fraction of sp³-hybridized carbons (Fsp3) is 0.500. The van der Waals surface area contributed by atoms with Gasteiger partial charge >= 0.3 is 0 Å². The minimum Gasteiger partial charge on any atom is -0.356 e. The summed E-state index contributed by atoms with van der Waals surface area (Å²) in [5.74, 6) is 2.10. The third kappa shape index (κ3) is 3.07. The quantitative estimate of drug-likeness (QED) is 0.842. The molecule has 1 aliphatic carbocycles. The molecule has 0 radical (unpaired) electrons. The molecule has 1 saturated carbocycles. The van der Waals surface area contributed by atoms with Gasteiger partial charge < -0.3 is 4.90 Å². The molecule has 1 aromatic heterocycles. The van der Waals surface area contributed by atoms with Crippen molar-refractivity contribution < 1.29 is 8.78 Å². The Labute approximate surface area is 151 Å². The summed E-state index contributed by atoms with van der Waals surface area (Å²) >= 11 is 0. The van der Waals surface area contributed by atoms with E-state index in [1.54, 1.807) is 6.33 Å². The second kappa shape index (κ2) is 6.27. The maximum Gasteiger partial charge on any atom is 0.132 e. The molecule has 2 unspecified atom stereocenters. The Morgan fingerprint density at radius 3 is 2.46 bits per heavy atom. The van der Waals surface area contributed by atoms with Gasteiger partial charge in [-0.05, 0) is 42.9 Å². The second-order valence-electron chi connectivity index (χ2n) is 7.93. The van der Waals surface area contributed by atoms with Gasteiger partial charge in [-0.2, -0.15) is 0 Å². The fourth-order valence-corrected chi connectivity index (χ4v) is 4.45. The average Bonchev–Trinajstić information content (AvgIpc) is 3.31. The van der Waals surface area contributed by atoms with Crippen LogP contribution in [0.5, 0.6) is 0 Å². The van der Waals surface area contributed by atoms with Crippen molar-refractivity contribution in [2.45, 2.75) is 25.3 Å². The third-order valence-corrected chi connectivity index (χ3v) is 5.96. The van der Waals surface area contributed by atoms with Crippen molar-refractivity contribution in [2.75, 3.05) is 31.1 Å². The lowest BCUT2D eigenvalue weighted by Crippen LogP contribution is -2.29. The largest absolute Gasteiger partial charge is 0.356 e. The molecule has 1 aromatic carbocycles. The molecular formula is C20H22F2N4. The van der Waals surface area contributed by atoms with Crippen LogP contribution in [-0.4, -0.2) is 41.0 Å². The van der Waals surface area contributed by atoms with Gasteiger partial charge in [0.2, 0.25) is 0 Å². The molecule has 2 aliphatic heterocycles. The number of hydrogen-bond donors (Lipinski definition) is 0. The monoisotopic (exact) mass is 356 g/mol. The van der Waals surface area contributed by atoms with E-state index in [4.69, 9.17) is 0 Å². The number of fused-ring (bicyclic) bond motifs is 1. The fourth-order valence-electron chi connectivity index (χ4n) is 4.45. The molecule has 0 amide bonds. The minimum absolute atomic E-state index is 0.321. The summed E-state index contributed by atoms with van der Waals surface area (Å²) in [4.78, 5) is 13.5. The van der Waals surface area contributed by atoms with Crippen LogP contribution in [0.15, 0.2) is 30.6 Å².